The summed E-state index contributed by atoms with van der Waals surface area (Å²) in [5, 5.41) is 13.3. The third-order valence-electron chi connectivity index (χ3n) is 2.38. The predicted molar refractivity (Wildman–Crippen MR) is 64.7 cm³/mol. The van der Waals surface area contributed by atoms with E-state index in [1.807, 2.05) is 0 Å². The van der Waals surface area contributed by atoms with E-state index in [9.17, 15) is 14.9 Å². The molecule has 3 N–H and O–H groups in total. The van der Waals surface area contributed by atoms with Gasteiger partial charge in [0.15, 0.2) is 0 Å². The molecular formula is C11H15N3O3. The summed E-state index contributed by atoms with van der Waals surface area (Å²) >= 11 is 0. The first-order valence-electron chi connectivity index (χ1n) is 5.27. The number of rotatable bonds is 4. The first-order chi connectivity index (χ1) is 7.95. The lowest BCUT2D eigenvalue weighted by Crippen LogP contribution is -2.35. The average molecular weight is 237 g/mol. The first-order valence-corrected chi connectivity index (χ1v) is 5.27. The third-order valence-corrected chi connectivity index (χ3v) is 2.38. The number of nitrogens with two attached hydrogens (primary N) is 1. The number of nitro groups is 1. The molecule has 6 heteroatoms. The Morgan fingerprint density at radius 3 is 2.76 bits per heavy atom. The van der Waals surface area contributed by atoms with Crippen molar-refractivity contribution in [2.75, 3.05) is 5.32 Å². The van der Waals surface area contributed by atoms with Gasteiger partial charge in [-0.15, -0.1) is 0 Å². The molecule has 6 nitrogen and oxygen atoms in total. The van der Waals surface area contributed by atoms with Gasteiger partial charge < -0.3 is 11.1 Å². The molecule has 1 atom stereocenters. The van der Waals surface area contributed by atoms with Crippen molar-refractivity contribution in [3.63, 3.8) is 0 Å². The highest BCUT2D eigenvalue weighted by Crippen LogP contribution is 2.25. The number of carbonyl (C=O) groups is 1. The van der Waals surface area contributed by atoms with Crippen LogP contribution in [0, 0.1) is 17.0 Å². The van der Waals surface area contributed by atoms with Crippen LogP contribution in [0.1, 0.15) is 18.9 Å². The standard InChI is InChI=1S/C11H15N3O3/c1-3-8(12)11(15)13-9-6-7(2)4-5-10(9)14(16)17/h4-6,8H,3,12H2,1-2H3,(H,13,15)/t8-/m0/s1. The summed E-state index contributed by atoms with van der Waals surface area (Å²) in [6, 6.07) is 3.88. The molecule has 1 rings (SSSR count). The van der Waals surface area contributed by atoms with Gasteiger partial charge >= 0.3 is 0 Å². The Labute approximate surface area is 99.0 Å². The van der Waals surface area contributed by atoms with E-state index < -0.39 is 16.9 Å². The third kappa shape index (κ3) is 3.25. The van der Waals surface area contributed by atoms with Crippen molar-refractivity contribution in [1.82, 2.24) is 0 Å². The molecule has 1 amide bonds. The van der Waals surface area contributed by atoms with Gasteiger partial charge in [-0.05, 0) is 25.0 Å². The van der Waals surface area contributed by atoms with Crippen LogP contribution in [0.25, 0.3) is 0 Å². The van der Waals surface area contributed by atoms with E-state index in [-0.39, 0.29) is 11.4 Å². The Kier molecular flexibility index (Phi) is 4.17. The first kappa shape index (κ1) is 13.1. The van der Waals surface area contributed by atoms with Crippen LogP contribution >= 0.6 is 0 Å². The van der Waals surface area contributed by atoms with Crippen molar-refractivity contribution in [3.8, 4) is 0 Å². The molecule has 0 fully saturated rings. The molecule has 0 aliphatic carbocycles. The molecule has 17 heavy (non-hydrogen) atoms. The Morgan fingerprint density at radius 2 is 2.24 bits per heavy atom. The molecule has 1 aromatic rings. The molecule has 0 unspecified atom stereocenters. The summed E-state index contributed by atoms with van der Waals surface area (Å²) in [4.78, 5) is 21.8. The maximum Gasteiger partial charge on any atom is 0.292 e. The maximum atomic E-state index is 11.6. The summed E-state index contributed by atoms with van der Waals surface area (Å²) in [6.07, 6.45) is 0.478. The van der Waals surface area contributed by atoms with E-state index in [1.165, 1.54) is 6.07 Å². The number of amides is 1. The lowest BCUT2D eigenvalue weighted by molar-refractivity contribution is -0.383. The monoisotopic (exact) mass is 237 g/mol. The summed E-state index contributed by atoms with van der Waals surface area (Å²) in [7, 11) is 0. The molecular weight excluding hydrogens is 222 g/mol. The topological polar surface area (TPSA) is 98.3 Å². The number of nitrogens with zero attached hydrogens (tertiary/aromatic N) is 1. The van der Waals surface area contributed by atoms with Crippen molar-refractivity contribution in [2.45, 2.75) is 26.3 Å². The normalized spacial score (nSPS) is 11.9. The number of hydrogen-bond donors (Lipinski definition) is 2. The summed E-state index contributed by atoms with van der Waals surface area (Å²) in [6.45, 7) is 3.56. The molecule has 1 aromatic carbocycles. The van der Waals surface area contributed by atoms with E-state index in [0.29, 0.717) is 6.42 Å². The quantitative estimate of drug-likeness (QED) is 0.613. The molecule has 0 saturated heterocycles. The van der Waals surface area contributed by atoms with Gasteiger partial charge in [-0.3, -0.25) is 14.9 Å². The lowest BCUT2D eigenvalue weighted by Gasteiger charge is -2.10. The number of benzene rings is 1. The smallest absolute Gasteiger partial charge is 0.292 e. The minimum atomic E-state index is -0.657. The largest absolute Gasteiger partial charge is 0.320 e. The summed E-state index contributed by atoms with van der Waals surface area (Å²) in [5.74, 6) is -0.416. The zero-order valence-corrected chi connectivity index (χ0v) is 9.77. The molecule has 0 radical (unpaired) electrons. The SMILES string of the molecule is CC[C@H](N)C(=O)Nc1cc(C)ccc1[N+](=O)[O-]. The van der Waals surface area contributed by atoms with Crippen molar-refractivity contribution in [2.24, 2.45) is 5.73 Å². The molecule has 0 aliphatic heterocycles. The fraction of sp³-hybridized carbons (Fsp3) is 0.364. The van der Waals surface area contributed by atoms with Crippen LogP contribution in [-0.4, -0.2) is 16.9 Å². The minimum Gasteiger partial charge on any atom is -0.320 e. The molecule has 92 valence electrons. The van der Waals surface area contributed by atoms with Crippen LogP contribution < -0.4 is 11.1 Å². The number of nitrogens with one attached hydrogen (secondary N) is 1. The van der Waals surface area contributed by atoms with Crippen LogP contribution in [-0.2, 0) is 4.79 Å². The van der Waals surface area contributed by atoms with Gasteiger partial charge in [0.25, 0.3) is 5.69 Å². The molecule has 0 aromatic heterocycles. The second-order valence-electron chi connectivity index (χ2n) is 3.78. The highest BCUT2D eigenvalue weighted by Gasteiger charge is 2.18. The number of hydrogen-bond acceptors (Lipinski definition) is 4. The van der Waals surface area contributed by atoms with Gasteiger partial charge in [-0.25, -0.2) is 0 Å². The summed E-state index contributed by atoms with van der Waals surface area (Å²) < 4.78 is 0. The predicted octanol–water partition coefficient (Wildman–Crippen LogP) is 1.58. The molecule has 0 heterocycles. The van der Waals surface area contributed by atoms with Gasteiger partial charge in [-0.1, -0.05) is 13.0 Å². The summed E-state index contributed by atoms with van der Waals surface area (Å²) in [5.41, 5.74) is 6.43. The van der Waals surface area contributed by atoms with Crippen molar-refractivity contribution < 1.29 is 9.72 Å². The van der Waals surface area contributed by atoms with Crippen LogP contribution in [0.3, 0.4) is 0 Å². The zero-order chi connectivity index (χ0) is 13.0. The Morgan fingerprint density at radius 1 is 1.59 bits per heavy atom. The zero-order valence-electron chi connectivity index (χ0n) is 9.77. The highest BCUT2D eigenvalue weighted by molar-refractivity contribution is 5.96. The van der Waals surface area contributed by atoms with Crippen LogP contribution in [0.15, 0.2) is 18.2 Å². The van der Waals surface area contributed by atoms with Gasteiger partial charge in [0.2, 0.25) is 5.91 Å². The van der Waals surface area contributed by atoms with E-state index >= 15 is 0 Å². The van der Waals surface area contributed by atoms with Crippen molar-refractivity contribution in [1.29, 1.82) is 0 Å². The van der Waals surface area contributed by atoms with Gasteiger partial charge in [0.1, 0.15) is 5.69 Å². The molecule has 0 aliphatic rings. The van der Waals surface area contributed by atoms with Gasteiger partial charge in [-0.2, -0.15) is 0 Å². The lowest BCUT2D eigenvalue weighted by atomic mass is 10.1. The van der Waals surface area contributed by atoms with E-state index in [4.69, 9.17) is 5.73 Å². The molecule has 0 spiro atoms. The number of anilines is 1. The second kappa shape index (κ2) is 5.40. The second-order valence-corrected chi connectivity index (χ2v) is 3.78. The minimum absolute atomic E-state index is 0.132. The molecule has 0 bridgehead atoms. The fourth-order valence-corrected chi connectivity index (χ4v) is 1.32. The van der Waals surface area contributed by atoms with Gasteiger partial charge in [0.05, 0.1) is 11.0 Å². The van der Waals surface area contributed by atoms with E-state index in [0.717, 1.165) is 5.56 Å². The van der Waals surface area contributed by atoms with Crippen molar-refractivity contribution in [3.05, 3.63) is 33.9 Å². The molecule has 0 saturated carbocycles. The Bertz CT molecular complexity index is 446. The van der Waals surface area contributed by atoms with Crippen molar-refractivity contribution >= 4 is 17.3 Å². The van der Waals surface area contributed by atoms with Gasteiger partial charge in [0, 0.05) is 6.07 Å². The number of nitro benzene ring substituents is 1. The van der Waals surface area contributed by atoms with Crippen LogP contribution in [0.5, 0.6) is 0 Å². The number of carbonyl (C=O) groups excluding carboxylic acids is 1. The Balaban J connectivity index is 3.00. The fourth-order valence-electron chi connectivity index (χ4n) is 1.32. The number of aryl methyl sites for hydroxylation is 1. The van der Waals surface area contributed by atoms with Crippen LogP contribution in [0.4, 0.5) is 11.4 Å². The van der Waals surface area contributed by atoms with E-state index in [2.05, 4.69) is 5.32 Å². The maximum absolute atomic E-state index is 11.6. The average Bonchev–Trinajstić information content (AvgIpc) is 2.27. The van der Waals surface area contributed by atoms with E-state index in [1.54, 1.807) is 26.0 Å². The Hall–Kier alpha value is -1.95. The van der Waals surface area contributed by atoms with Crippen LogP contribution in [0.2, 0.25) is 0 Å². The highest BCUT2D eigenvalue weighted by atomic mass is 16.6.